The first-order chi connectivity index (χ1) is 42.1. The zero-order valence-corrected chi connectivity index (χ0v) is 49.6. The molecule has 0 spiro atoms. The number of piperazine rings is 1. The summed E-state index contributed by atoms with van der Waals surface area (Å²) in [5, 5.41) is 3.50. The fourth-order valence-corrected chi connectivity index (χ4v) is 15.2. The molecule has 4 amide bonds. The molecule has 7 aliphatic heterocycles. The standard InChI is InChI=1S/C64H70F5N11O8/c1-6-41-46(65)14-11-37-9-7-10-42(52(37)41)54-53(67)55-44(29-70-54)56(77-31-38-12-13-39(32-77)79(38)61(85)88-62(2,3)4)73-58(72-55)87-35-63-21-8-23-78(63)40(17-22-63)33-86-60(84)76-25-18-36(19-26-76)30-75-24-20-45(64(68,69)34-75)43-27-49-50(28-47(43)66)80(59(83)74(49)5)48-15-16-51(81)71-57(48)82/h1,7,9-11,14,27-29,36,38-40,45,48H,8,12-13,15-26,30-35H2,2-5H3,(H,71,81,82)/t38-,39+,40-,45?,48?,63-/m0/s1. The van der Waals surface area contributed by atoms with Crippen molar-refractivity contribution in [3.8, 4) is 29.6 Å². The minimum Gasteiger partial charge on any atom is -0.461 e. The molecular formula is C64H70F5N11O8. The van der Waals surface area contributed by atoms with Crippen LogP contribution in [0.1, 0.15) is 114 Å². The van der Waals surface area contributed by atoms with Crippen LogP contribution in [0.5, 0.6) is 6.01 Å². The van der Waals surface area contributed by atoms with Gasteiger partial charge in [-0.3, -0.25) is 43.7 Å². The van der Waals surface area contributed by atoms with E-state index in [9.17, 15) is 24.0 Å². The second kappa shape index (κ2) is 22.6. The van der Waals surface area contributed by atoms with E-state index in [1.54, 1.807) is 34.1 Å². The molecular weight excluding hydrogens is 1150 g/mol. The number of alkyl halides is 2. The fourth-order valence-electron chi connectivity index (χ4n) is 15.2. The van der Waals surface area contributed by atoms with Crippen LogP contribution in [0.2, 0.25) is 0 Å². The van der Waals surface area contributed by atoms with Gasteiger partial charge in [0.25, 0.3) is 5.92 Å². The SMILES string of the molecule is C#Cc1c(F)ccc2cccc(-c3ncc4c(N5C[C@H]6CC[C@@H](C5)N6C(=O)OC(C)(C)C)nc(OC[C@@]56CCCN5[C@H](COC(=O)N5CCC(CN7CCC(c8cc9c(cc8F)n(C8CCC(=O)NC8=O)c(=O)n9C)C(F)(F)C7)CC5)CC6)nc4c3F)c12. The lowest BCUT2D eigenvalue weighted by Crippen LogP contribution is -2.57. The van der Waals surface area contributed by atoms with E-state index in [0.717, 1.165) is 55.7 Å². The normalized spacial score (nSPS) is 25.2. The molecule has 0 aliphatic carbocycles. The quantitative estimate of drug-likeness (QED) is 0.0736. The van der Waals surface area contributed by atoms with Crippen LogP contribution in [0, 0.1) is 35.7 Å². The van der Waals surface area contributed by atoms with Gasteiger partial charge in [-0.05, 0) is 127 Å². The third-order valence-corrected chi connectivity index (χ3v) is 19.5. The fraction of sp³-hybridized carbons (Fsp3) is 0.531. The molecule has 464 valence electrons. The number of anilines is 1. The lowest BCUT2D eigenvalue weighted by molar-refractivity contribution is -0.135. The van der Waals surface area contributed by atoms with Gasteiger partial charge in [0.05, 0.1) is 52.1 Å². The number of amides is 4. The van der Waals surface area contributed by atoms with E-state index in [0.29, 0.717) is 73.1 Å². The first-order valence-corrected chi connectivity index (χ1v) is 30.5. The van der Waals surface area contributed by atoms with Crippen LogP contribution >= 0.6 is 0 Å². The molecule has 13 rings (SSSR count). The predicted molar refractivity (Wildman–Crippen MR) is 315 cm³/mol. The van der Waals surface area contributed by atoms with Crippen molar-refractivity contribution in [2.75, 3.05) is 70.5 Å². The summed E-state index contributed by atoms with van der Waals surface area (Å²) >= 11 is 0. The second-order valence-corrected chi connectivity index (χ2v) is 26.0. The molecule has 7 fully saturated rings. The monoisotopic (exact) mass is 1220 g/mol. The van der Waals surface area contributed by atoms with Crippen LogP contribution in [-0.4, -0.2) is 168 Å². The maximum absolute atomic E-state index is 17.5. The highest BCUT2D eigenvalue weighted by Gasteiger charge is 2.52. The minimum atomic E-state index is -3.31. The number of aryl methyl sites for hydroxylation is 1. The molecule has 3 aromatic heterocycles. The van der Waals surface area contributed by atoms with E-state index in [4.69, 9.17) is 30.6 Å². The Bertz CT molecular complexity index is 3920. The van der Waals surface area contributed by atoms with Crippen LogP contribution in [0.3, 0.4) is 0 Å². The highest BCUT2D eigenvalue weighted by Crippen LogP contribution is 2.46. The maximum atomic E-state index is 17.5. The molecule has 6 aromatic rings. The Balaban J connectivity index is 0.653. The number of benzene rings is 3. The van der Waals surface area contributed by atoms with Crippen molar-refractivity contribution >= 4 is 62.5 Å². The summed E-state index contributed by atoms with van der Waals surface area (Å²) in [7, 11) is 1.44. The minimum absolute atomic E-state index is 0.000307. The molecule has 19 nitrogen and oxygen atoms in total. The number of pyridine rings is 1. The number of piperidine rings is 3. The van der Waals surface area contributed by atoms with E-state index in [1.165, 1.54) is 29.9 Å². The van der Waals surface area contributed by atoms with E-state index in [-0.39, 0.29) is 109 Å². The number of hydrogen-bond donors (Lipinski definition) is 1. The van der Waals surface area contributed by atoms with Gasteiger partial charge in [-0.1, -0.05) is 30.2 Å². The molecule has 7 saturated heterocycles. The second-order valence-electron chi connectivity index (χ2n) is 26.0. The predicted octanol–water partition coefficient (Wildman–Crippen LogP) is 8.81. The summed E-state index contributed by atoms with van der Waals surface area (Å²) in [6, 6.07) is 8.76. The highest BCUT2D eigenvalue weighted by atomic mass is 19.3. The van der Waals surface area contributed by atoms with Crippen LogP contribution in [0.15, 0.2) is 53.5 Å². The number of nitrogens with one attached hydrogen (secondary N) is 1. The summed E-state index contributed by atoms with van der Waals surface area (Å²) in [5.41, 5.74) is -1.50. The number of ether oxygens (including phenoxy) is 3. The lowest BCUT2D eigenvalue weighted by atomic mass is 9.84. The molecule has 2 unspecified atom stereocenters. The smallest absolute Gasteiger partial charge is 0.410 e. The number of likely N-dealkylation sites (tertiary alicyclic amines) is 2. The number of aromatic nitrogens is 5. The van der Waals surface area contributed by atoms with Crippen molar-refractivity contribution in [1.29, 1.82) is 0 Å². The Labute approximate surface area is 504 Å². The summed E-state index contributed by atoms with van der Waals surface area (Å²) in [4.78, 5) is 88.9. The zero-order chi connectivity index (χ0) is 61.7. The van der Waals surface area contributed by atoms with Crippen LogP contribution in [-0.2, 0) is 26.1 Å². The average molecular weight is 1220 g/mol. The Morgan fingerprint density at radius 1 is 0.875 bits per heavy atom. The maximum Gasteiger partial charge on any atom is 0.410 e. The van der Waals surface area contributed by atoms with Crippen LogP contribution in [0.25, 0.3) is 44.0 Å². The van der Waals surface area contributed by atoms with Crippen molar-refractivity contribution < 1.29 is 55.3 Å². The largest absolute Gasteiger partial charge is 0.461 e. The molecule has 3 aromatic carbocycles. The number of carbonyl (C=O) groups is 4. The van der Waals surface area contributed by atoms with Gasteiger partial charge in [0.15, 0.2) is 5.82 Å². The van der Waals surface area contributed by atoms with E-state index in [2.05, 4.69) is 21.1 Å². The van der Waals surface area contributed by atoms with Gasteiger partial charge in [0, 0.05) is 75.4 Å². The van der Waals surface area contributed by atoms with E-state index < -0.39 is 76.6 Å². The number of carbonyl (C=O) groups excluding carboxylic acids is 4. The number of hydrogen-bond acceptors (Lipinski definition) is 14. The number of imidazole rings is 1. The molecule has 1 N–H and O–H groups in total. The van der Waals surface area contributed by atoms with Gasteiger partial charge in [-0.25, -0.2) is 36.3 Å². The summed E-state index contributed by atoms with van der Waals surface area (Å²) in [5.74, 6) is -5.32. The molecule has 7 aliphatic rings. The highest BCUT2D eigenvalue weighted by molar-refractivity contribution is 6.02. The van der Waals surface area contributed by atoms with Gasteiger partial charge in [-0.2, -0.15) is 9.97 Å². The summed E-state index contributed by atoms with van der Waals surface area (Å²) in [6.07, 6.45) is 12.3. The molecule has 88 heavy (non-hydrogen) atoms. The van der Waals surface area contributed by atoms with Crippen molar-refractivity contribution in [1.82, 2.24) is 49.0 Å². The number of rotatable bonds is 11. The van der Waals surface area contributed by atoms with E-state index >= 15 is 22.0 Å². The van der Waals surface area contributed by atoms with Gasteiger partial charge in [0.2, 0.25) is 11.8 Å². The molecule has 6 atom stereocenters. The van der Waals surface area contributed by atoms with Gasteiger partial charge in [-0.15, -0.1) is 6.42 Å². The first-order valence-electron chi connectivity index (χ1n) is 30.5. The number of halogens is 5. The molecule has 10 heterocycles. The van der Waals surface area contributed by atoms with Gasteiger partial charge in [0.1, 0.15) is 53.5 Å². The Morgan fingerprint density at radius 2 is 1.65 bits per heavy atom. The Hall–Kier alpha value is -7.91. The van der Waals surface area contributed by atoms with Crippen molar-refractivity contribution in [3.63, 3.8) is 0 Å². The molecule has 2 bridgehead atoms. The summed E-state index contributed by atoms with van der Waals surface area (Å²) in [6.45, 7) is 8.20. The van der Waals surface area contributed by atoms with Gasteiger partial charge < -0.3 is 24.0 Å². The molecule has 24 heteroatoms. The average Bonchev–Trinajstić information content (AvgIpc) is 1.43. The van der Waals surface area contributed by atoms with Gasteiger partial charge >= 0.3 is 23.9 Å². The van der Waals surface area contributed by atoms with E-state index in [1.807, 2.05) is 30.6 Å². The Kier molecular flexibility index (Phi) is 15.2. The van der Waals surface area contributed by atoms with Crippen molar-refractivity contribution in [2.24, 2.45) is 13.0 Å². The topological polar surface area (TPSA) is 190 Å². The molecule has 0 saturated carbocycles. The number of nitrogens with zero attached hydrogens (tertiary/aromatic N) is 10. The zero-order valence-electron chi connectivity index (χ0n) is 49.6. The Morgan fingerprint density at radius 3 is 2.38 bits per heavy atom. The van der Waals surface area contributed by atoms with Crippen molar-refractivity contribution in [3.05, 3.63) is 87.7 Å². The van der Waals surface area contributed by atoms with Crippen LogP contribution < -0.4 is 20.6 Å². The van der Waals surface area contributed by atoms with Crippen molar-refractivity contribution in [2.45, 2.75) is 139 Å². The van der Waals surface area contributed by atoms with Crippen LogP contribution in [0.4, 0.5) is 37.4 Å². The number of terminal acetylenes is 1. The number of fused-ring (bicyclic) bond motifs is 6. The third-order valence-electron chi connectivity index (χ3n) is 19.5. The lowest BCUT2D eigenvalue weighted by Gasteiger charge is -2.42. The first kappa shape index (κ1) is 59.1. The number of imide groups is 1. The molecule has 0 radical (unpaired) electrons. The summed E-state index contributed by atoms with van der Waals surface area (Å²) < 4.78 is 102. The third kappa shape index (κ3) is 10.6.